The highest BCUT2D eigenvalue weighted by Crippen LogP contribution is 2.38. The molecule has 0 amide bonds. The summed E-state index contributed by atoms with van der Waals surface area (Å²) in [5, 5.41) is 15.7. The number of anilines is 1. The van der Waals surface area contributed by atoms with E-state index in [0.29, 0.717) is 13.5 Å². The van der Waals surface area contributed by atoms with Gasteiger partial charge >= 0.3 is 6.18 Å². The highest BCUT2D eigenvalue weighted by atomic mass is 19.4. The van der Waals surface area contributed by atoms with Crippen molar-refractivity contribution in [2.24, 2.45) is 0 Å². The summed E-state index contributed by atoms with van der Waals surface area (Å²) in [6.45, 7) is 1.21. The van der Waals surface area contributed by atoms with Crippen LogP contribution in [0.15, 0.2) is 36.7 Å². The van der Waals surface area contributed by atoms with Gasteiger partial charge in [0, 0.05) is 24.8 Å². The van der Waals surface area contributed by atoms with Crippen LogP contribution in [0.25, 0.3) is 17.0 Å². The van der Waals surface area contributed by atoms with E-state index in [-0.39, 0.29) is 29.4 Å². The molecule has 160 valence electrons. The Balaban J connectivity index is 1.76. The van der Waals surface area contributed by atoms with Crippen molar-refractivity contribution in [1.82, 2.24) is 19.7 Å². The maximum atomic E-state index is 14.5. The van der Waals surface area contributed by atoms with E-state index in [4.69, 9.17) is 0 Å². The molecule has 11 heteroatoms. The smallest absolute Gasteiger partial charge is 0.376 e. The lowest BCUT2D eigenvalue weighted by Crippen LogP contribution is -2.39. The number of nitrogens with zero attached hydrogens (tertiary/aromatic N) is 3. The standard InChI is InChI=1S/C19H18F5N5O/c1-18(30,19(22,23)24)10-2-5-16-26-8-14(29(16)9-10)17-11(20)3-4-15(28-17)27-13-7-25-6-12(13)21/h2-5,8-9,12-13,25,30H,6-7H2,1H3,(H,27,28)/t12-,13-,18-/m1/s1. The predicted molar refractivity (Wildman–Crippen MR) is 99.2 cm³/mol. The summed E-state index contributed by atoms with van der Waals surface area (Å²) < 4.78 is 69.2. The van der Waals surface area contributed by atoms with E-state index < -0.39 is 35.4 Å². The minimum absolute atomic E-state index is 0.0901. The highest BCUT2D eigenvalue weighted by molar-refractivity contribution is 5.63. The lowest BCUT2D eigenvalue weighted by atomic mass is 9.97. The molecule has 1 saturated heterocycles. The van der Waals surface area contributed by atoms with Crippen LogP contribution in [-0.4, -0.2) is 51.0 Å². The minimum atomic E-state index is -4.91. The maximum Gasteiger partial charge on any atom is 0.421 e. The molecule has 1 fully saturated rings. The van der Waals surface area contributed by atoms with Crippen LogP contribution in [0.3, 0.4) is 0 Å². The minimum Gasteiger partial charge on any atom is -0.376 e. The fourth-order valence-corrected chi connectivity index (χ4v) is 3.29. The SMILES string of the molecule is C[C@@](O)(c1ccc2ncc(-c3nc(N[C@@H]4CNC[C@H]4F)ccc3F)n2c1)C(F)(F)F. The summed E-state index contributed by atoms with van der Waals surface area (Å²) in [6, 6.07) is 4.35. The number of alkyl halides is 4. The van der Waals surface area contributed by atoms with Crippen molar-refractivity contribution < 1.29 is 27.1 Å². The summed E-state index contributed by atoms with van der Waals surface area (Å²) in [5.74, 6) is -0.507. The van der Waals surface area contributed by atoms with Crippen molar-refractivity contribution in [3.63, 3.8) is 0 Å². The van der Waals surface area contributed by atoms with Gasteiger partial charge in [0.2, 0.25) is 0 Å². The number of nitrogens with one attached hydrogen (secondary N) is 2. The van der Waals surface area contributed by atoms with Crippen LogP contribution in [0.2, 0.25) is 0 Å². The first-order valence-corrected chi connectivity index (χ1v) is 9.13. The molecule has 4 heterocycles. The van der Waals surface area contributed by atoms with Crippen LogP contribution in [0, 0.1) is 5.82 Å². The zero-order valence-electron chi connectivity index (χ0n) is 15.7. The quantitative estimate of drug-likeness (QED) is 0.559. The van der Waals surface area contributed by atoms with Gasteiger partial charge in [0.15, 0.2) is 11.4 Å². The number of pyridine rings is 2. The van der Waals surface area contributed by atoms with Gasteiger partial charge in [-0.3, -0.25) is 4.40 Å². The number of imidazole rings is 1. The number of fused-ring (bicyclic) bond motifs is 1. The molecule has 4 rings (SSSR count). The zero-order valence-corrected chi connectivity index (χ0v) is 15.7. The molecule has 0 aliphatic carbocycles. The average Bonchev–Trinajstić information content (AvgIpc) is 3.28. The largest absolute Gasteiger partial charge is 0.421 e. The number of hydrogen-bond acceptors (Lipinski definition) is 5. The number of aliphatic hydroxyl groups is 1. The van der Waals surface area contributed by atoms with E-state index in [9.17, 15) is 27.1 Å². The topological polar surface area (TPSA) is 74.5 Å². The second-order valence-corrected chi connectivity index (χ2v) is 7.31. The Hall–Kier alpha value is -2.79. The van der Waals surface area contributed by atoms with E-state index >= 15 is 0 Å². The molecule has 3 aromatic heterocycles. The molecule has 0 saturated carbocycles. The molecular weight excluding hydrogens is 409 g/mol. The molecule has 1 aliphatic rings. The Labute approximate surface area is 167 Å². The third-order valence-electron chi connectivity index (χ3n) is 5.18. The summed E-state index contributed by atoms with van der Waals surface area (Å²) in [6.07, 6.45) is -3.73. The zero-order chi connectivity index (χ0) is 21.7. The fourth-order valence-electron chi connectivity index (χ4n) is 3.29. The first-order chi connectivity index (χ1) is 14.1. The molecule has 0 bridgehead atoms. The van der Waals surface area contributed by atoms with Crippen molar-refractivity contribution in [2.45, 2.75) is 30.9 Å². The van der Waals surface area contributed by atoms with Crippen molar-refractivity contribution in [2.75, 3.05) is 18.4 Å². The normalized spacial score (nSPS) is 21.7. The lowest BCUT2D eigenvalue weighted by molar-refractivity contribution is -0.259. The van der Waals surface area contributed by atoms with Crippen LogP contribution in [-0.2, 0) is 5.60 Å². The van der Waals surface area contributed by atoms with Gasteiger partial charge in [-0.1, -0.05) is 6.07 Å². The van der Waals surface area contributed by atoms with Crippen LogP contribution in [0.1, 0.15) is 12.5 Å². The van der Waals surface area contributed by atoms with Gasteiger partial charge in [-0.25, -0.2) is 18.7 Å². The third-order valence-corrected chi connectivity index (χ3v) is 5.18. The van der Waals surface area contributed by atoms with Gasteiger partial charge in [0.1, 0.15) is 23.3 Å². The molecule has 0 aromatic carbocycles. The predicted octanol–water partition coefficient (Wildman–Crippen LogP) is 3.03. The van der Waals surface area contributed by atoms with Crippen molar-refractivity contribution in [3.05, 3.63) is 48.0 Å². The summed E-state index contributed by atoms with van der Waals surface area (Å²) in [5.41, 5.74) is -3.38. The van der Waals surface area contributed by atoms with Crippen molar-refractivity contribution >= 4 is 11.5 Å². The number of hydrogen-bond donors (Lipinski definition) is 3. The molecule has 3 aromatic rings. The molecule has 3 atom stereocenters. The Morgan fingerprint density at radius 1 is 1.20 bits per heavy atom. The van der Waals surface area contributed by atoms with Gasteiger partial charge in [-0.05, 0) is 25.1 Å². The van der Waals surface area contributed by atoms with Gasteiger partial charge in [0.25, 0.3) is 0 Å². The Kier molecular flexibility index (Phi) is 4.89. The average molecular weight is 427 g/mol. The molecule has 30 heavy (non-hydrogen) atoms. The Morgan fingerprint density at radius 3 is 2.63 bits per heavy atom. The number of rotatable bonds is 4. The first kappa shape index (κ1) is 20.5. The van der Waals surface area contributed by atoms with Gasteiger partial charge in [-0.2, -0.15) is 13.2 Å². The van der Waals surface area contributed by atoms with E-state index in [1.54, 1.807) is 0 Å². The Bertz CT molecular complexity index is 1080. The van der Waals surface area contributed by atoms with Crippen LogP contribution in [0.5, 0.6) is 0 Å². The summed E-state index contributed by atoms with van der Waals surface area (Å²) in [7, 11) is 0. The fraction of sp³-hybridized carbons (Fsp3) is 0.368. The third kappa shape index (κ3) is 3.47. The second-order valence-electron chi connectivity index (χ2n) is 7.31. The number of halogens is 5. The maximum absolute atomic E-state index is 14.5. The molecule has 0 radical (unpaired) electrons. The lowest BCUT2D eigenvalue weighted by Gasteiger charge is -2.26. The first-order valence-electron chi connectivity index (χ1n) is 9.13. The molecular formula is C19H18F5N5O. The second kappa shape index (κ2) is 7.17. The highest BCUT2D eigenvalue weighted by Gasteiger charge is 2.51. The van der Waals surface area contributed by atoms with Crippen LogP contribution >= 0.6 is 0 Å². The van der Waals surface area contributed by atoms with E-state index in [1.807, 2.05) is 0 Å². The van der Waals surface area contributed by atoms with Gasteiger partial charge in [-0.15, -0.1) is 0 Å². The molecule has 0 spiro atoms. The molecule has 0 unspecified atom stereocenters. The van der Waals surface area contributed by atoms with Gasteiger partial charge in [0.05, 0.1) is 17.9 Å². The monoisotopic (exact) mass is 427 g/mol. The van der Waals surface area contributed by atoms with E-state index in [0.717, 1.165) is 18.3 Å². The Morgan fingerprint density at radius 2 is 1.97 bits per heavy atom. The molecule has 3 N–H and O–H groups in total. The molecule has 1 aliphatic heterocycles. The van der Waals surface area contributed by atoms with Crippen molar-refractivity contribution in [3.8, 4) is 11.4 Å². The van der Waals surface area contributed by atoms with Crippen LogP contribution < -0.4 is 10.6 Å². The van der Waals surface area contributed by atoms with Crippen LogP contribution in [0.4, 0.5) is 27.8 Å². The molecule has 6 nitrogen and oxygen atoms in total. The van der Waals surface area contributed by atoms with Crippen molar-refractivity contribution in [1.29, 1.82) is 0 Å². The number of aromatic nitrogens is 3. The van der Waals surface area contributed by atoms with E-state index in [2.05, 4.69) is 20.6 Å². The van der Waals surface area contributed by atoms with E-state index in [1.165, 1.54) is 22.7 Å². The van der Waals surface area contributed by atoms with Gasteiger partial charge < -0.3 is 15.7 Å². The summed E-state index contributed by atoms with van der Waals surface area (Å²) >= 11 is 0. The summed E-state index contributed by atoms with van der Waals surface area (Å²) in [4.78, 5) is 8.25.